The van der Waals surface area contributed by atoms with Gasteiger partial charge in [-0.2, -0.15) is 0 Å². The fourth-order valence-corrected chi connectivity index (χ4v) is 3.43. The van der Waals surface area contributed by atoms with E-state index in [4.69, 9.17) is 4.74 Å². The lowest BCUT2D eigenvalue weighted by molar-refractivity contribution is 0.0976. The summed E-state index contributed by atoms with van der Waals surface area (Å²) in [7, 11) is 0. The molecule has 0 spiro atoms. The summed E-state index contributed by atoms with van der Waals surface area (Å²) >= 11 is 0. The van der Waals surface area contributed by atoms with Gasteiger partial charge in [0, 0.05) is 24.4 Å². The summed E-state index contributed by atoms with van der Waals surface area (Å²) < 4.78 is 5.61. The van der Waals surface area contributed by atoms with E-state index in [2.05, 4.69) is 16.0 Å². The largest absolute Gasteiger partial charge is 0.489 e. The molecule has 0 atom stereocenters. The van der Waals surface area contributed by atoms with Crippen LogP contribution in [0.2, 0.25) is 0 Å². The first-order valence-electron chi connectivity index (χ1n) is 8.51. The highest BCUT2D eigenvalue weighted by molar-refractivity contribution is 6.07. The number of likely N-dealkylation sites (tertiary alicyclic amines) is 1. The Labute approximate surface area is 141 Å². The van der Waals surface area contributed by atoms with Gasteiger partial charge >= 0.3 is 0 Å². The average Bonchev–Trinajstić information content (AvgIpc) is 3.14. The van der Waals surface area contributed by atoms with Crippen molar-refractivity contribution in [1.29, 1.82) is 0 Å². The molecule has 1 aromatic heterocycles. The monoisotopic (exact) mass is 323 g/mol. The zero-order valence-electron chi connectivity index (χ0n) is 13.6. The van der Waals surface area contributed by atoms with Gasteiger partial charge in [-0.25, -0.2) is 0 Å². The van der Waals surface area contributed by atoms with Gasteiger partial charge in [-0.1, -0.05) is 12.1 Å². The molecule has 1 aromatic carbocycles. The van der Waals surface area contributed by atoms with Crippen molar-refractivity contribution in [2.75, 3.05) is 31.1 Å². The first-order chi connectivity index (χ1) is 11.8. The average molecular weight is 323 g/mol. The SMILES string of the molecule is O=C(c1cccc(CN2CCCC2)c1)N1CCOc2ccncc21. The molecule has 5 heteroatoms. The van der Waals surface area contributed by atoms with Crippen LogP contribution < -0.4 is 9.64 Å². The number of carbonyl (C=O) groups is 1. The normalized spacial score (nSPS) is 17.4. The van der Waals surface area contributed by atoms with Crippen molar-refractivity contribution in [3.8, 4) is 5.75 Å². The first kappa shape index (κ1) is 15.1. The van der Waals surface area contributed by atoms with Crippen molar-refractivity contribution in [2.24, 2.45) is 0 Å². The molecule has 2 aliphatic rings. The molecule has 0 unspecified atom stereocenters. The number of ether oxygens (including phenoxy) is 1. The van der Waals surface area contributed by atoms with E-state index >= 15 is 0 Å². The van der Waals surface area contributed by atoms with Crippen molar-refractivity contribution in [1.82, 2.24) is 9.88 Å². The molecular formula is C19H21N3O2. The number of fused-ring (bicyclic) bond motifs is 1. The Bertz CT molecular complexity index is 741. The maximum absolute atomic E-state index is 13.0. The topological polar surface area (TPSA) is 45.7 Å². The Balaban J connectivity index is 1.56. The molecule has 0 aliphatic carbocycles. The summed E-state index contributed by atoms with van der Waals surface area (Å²) in [6.07, 6.45) is 5.93. The van der Waals surface area contributed by atoms with Crippen LogP contribution in [0, 0.1) is 0 Å². The highest BCUT2D eigenvalue weighted by Gasteiger charge is 2.25. The molecule has 2 aliphatic heterocycles. The molecule has 3 heterocycles. The summed E-state index contributed by atoms with van der Waals surface area (Å²) in [5.41, 5.74) is 2.67. The van der Waals surface area contributed by atoms with E-state index in [-0.39, 0.29) is 5.91 Å². The van der Waals surface area contributed by atoms with E-state index in [1.165, 1.54) is 18.4 Å². The van der Waals surface area contributed by atoms with Crippen LogP contribution in [-0.2, 0) is 6.54 Å². The Morgan fingerprint density at radius 3 is 2.92 bits per heavy atom. The number of nitrogens with zero attached hydrogens (tertiary/aromatic N) is 3. The second-order valence-corrected chi connectivity index (χ2v) is 6.33. The molecule has 5 nitrogen and oxygen atoms in total. The number of benzene rings is 1. The highest BCUT2D eigenvalue weighted by Crippen LogP contribution is 2.31. The van der Waals surface area contributed by atoms with Gasteiger partial charge in [0.1, 0.15) is 18.0 Å². The van der Waals surface area contributed by atoms with E-state index in [0.29, 0.717) is 13.2 Å². The lowest BCUT2D eigenvalue weighted by Gasteiger charge is -2.29. The van der Waals surface area contributed by atoms with E-state index in [9.17, 15) is 4.79 Å². The number of amides is 1. The first-order valence-corrected chi connectivity index (χ1v) is 8.51. The van der Waals surface area contributed by atoms with Crippen LogP contribution in [-0.4, -0.2) is 42.0 Å². The smallest absolute Gasteiger partial charge is 0.258 e. The lowest BCUT2D eigenvalue weighted by Crippen LogP contribution is -2.38. The van der Waals surface area contributed by atoms with E-state index in [0.717, 1.165) is 36.6 Å². The molecule has 124 valence electrons. The number of hydrogen-bond donors (Lipinski definition) is 0. The fraction of sp³-hybridized carbons (Fsp3) is 0.368. The predicted molar refractivity (Wildman–Crippen MR) is 92.4 cm³/mol. The summed E-state index contributed by atoms with van der Waals surface area (Å²) in [5.74, 6) is 0.730. The van der Waals surface area contributed by atoms with E-state index < -0.39 is 0 Å². The van der Waals surface area contributed by atoms with Gasteiger partial charge in [-0.3, -0.25) is 14.7 Å². The molecule has 0 N–H and O–H groups in total. The van der Waals surface area contributed by atoms with Crippen molar-refractivity contribution in [3.63, 3.8) is 0 Å². The second-order valence-electron chi connectivity index (χ2n) is 6.33. The molecule has 1 amide bonds. The summed E-state index contributed by atoms with van der Waals surface area (Å²) in [5, 5.41) is 0. The minimum Gasteiger partial charge on any atom is -0.489 e. The molecule has 1 saturated heterocycles. The van der Waals surface area contributed by atoms with Crippen LogP contribution in [0.4, 0.5) is 5.69 Å². The van der Waals surface area contributed by atoms with E-state index in [1.807, 2.05) is 18.2 Å². The van der Waals surface area contributed by atoms with E-state index in [1.54, 1.807) is 23.4 Å². The van der Waals surface area contributed by atoms with Gasteiger partial charge in [0.15, 0.2) is 0 Å². The van der Waals surface area contributed by atoms with Gasteiger partial charge in [-0.15, -0.1) is 0 Å². The quantitative estimate of drug-likeness (QED) is 0.871. The molecule has 24 heavy (non-hydrogen) atoms. The fourth-order valence-electron chi connectivity index (χ4n) is 3.43. The lowest BCUT2D eigenvalue weighted by atomic mass is 10.1. The van der Waals surface area contributed by atoms with Crippen LogP contribution in [0.3, 0.4) is 0 Å². The van der Waals surface area contributed by atoms with Crippen LogP contribution in [0.25, 0.3) is 0 Å². The third kappa shape index (κ3) is 2.99. The molecular weight excluding hydrogens is 302 g/mol. The molecule has 4 rings (SSSR count). The van der Waals surface area contributed by atoms with Crippen LogP contribution in [0.5, 0.6) is 5.75 Å². The maximum Gasteiger partial charge on any atom is 0.258 e. The van der Waals surface area contributed by atoms with Crippen LogP contribution in [0.1, 0.15) is 28.8 Å². The maximum atomic E-state index is 13.0. The van der Waals surface area contributed by atoms with Gasteiger partial charge in [0.2, 0.25) is 0 Å². The third-order valence-corrected chi connectivity index (χ3v) is 4.65. The molecule has 1 fully saturated rings. The molecule has 0 saturated carbocycles. The Morgan fingerprint density at radius 2 is 2.04 bits per heavy atom. The van der Waals surface area contributed by atoms with Crippen molar-refractivity contribution in [3.05, 3.63) is 53.9 Å². The molecule has 2 aromatic rings. The summed E-state index contributed by atoms with van der Waals surface area (Å²) in [4.78, 5) is 21.3. The second kappa shape index (κ2) is 6.61. The predicted octanol–water partition coefficient (Wildman–Crippen LogP) is 2.72. The van der Waals surface area contributed by atoms with Crippen molar-refractivity contribution in [2.45, 2.75) is 19.4 Å². The number of hydrogen-bond acceptors (Lipinski definition) is 4. The molecule has 0 bridgehead atoms. The van der Waals surface area contributed by atoms with Crippen LogP contribution >= 0.6 is 0 Å². The summed E-state index contributed by atoms with van der Waals surface area (Å²) in [6.45, 7) is 4.29. The standard InChI is InChI=1S/C19H21N3O2/c23-19(22-10-11-24-18-6-7-20-13-17(18)22)16-5-3-4-15(12-16)14-21-8-1-2-9-21/h3-7,12-13H,1-2,8-11,14H2. The number of rotatable bonds is 3. The van der Waals surface area contributed by atoms with Gasteiger partial charge < -0.3 is 9.64 Å². The van der Waals surface area contributed by atoms with Crippen molar-refractivity contribution >= 4 is 11.6 Å². The van der Waals surface area contributed by atoms with Crippen molar-refractivity contribution < 1.29 is 9.53 Å². The minimum absolute atomic E-state index is 0.0100. The minimum atomic E-state index is 0.0100. The van der Waals surface area contributed by atoms with Crippen LogP contribution in [0.15, 0.2) is 42.7 Å². The van der Waals surface area contributed by atoms with Gasteiger partial charge in [-0.05, 0) is 43.6 Å². The summed E-state index contributed by atoms with van der Waals surface area (Å²) in [6, 6.07) is 9.79. The highest BCUT2D eigenvalue weighted by atomic mass is 16.5. The number of anilines is 1. The zero-order chi connectivity index (χ0) is 16.4. The molecule has 0 radical (unpaired) electrons. The Morgan fingerprint density at radius 1 is 1.17 bits per heavy atom. The zero-order valence-corrected chi connectivity index (χ0v) is 13.6. The Hall–Kier alpha value is -2.40. The van der Waals surface area contributed by atoms with Gasteiger partial charge in [0.05, 0.1) is 12.7 Å². The number of aromatic nitrogens is 1. The number of pyridine rings is 1. The van der Waals surface area contributed by atoms with Gasteiger partial charge in [0.25, 0.3) is 5.91 Å². The number of carbonyl (C=O) groups excluding carboxylic acids is 1. The Kier molecular flexibility index (Phi) is 4.17. The third-order valence-electron chi connectivity index (χ3n) is 4.65.